The number of amides is 1. The summed E-state index contributed by atoms with van der Waals surface area (Å²) >= 11 is 7.27. The second kappa shape index (κ2) is 10.1. The van der Waals surface area contributed by atoms with Crippen LogP contribution >= 0.6 is 22.9 Å². The maximum absolute atomic E-state index is 12.5. The first kappa shape index (κ1) is 23.7. The Kier molecular flexibility index (Phi) is 7.69. The van der Waals surface area contributed by atoms with Gasteiger partial charge in [-0.25, -0.2) is 8.42 Å². The van der Waals surface area contributed by atoms with E-state index in [2.05, 4.69) is 31.0 Å². The first-order chi connectivity index (χ1) is 14.7. The van der Waals surface area contributed by atoms with Gasteiger partial charge in [-0.2, -0.15) is 4.99 Å². The van der Waals surface area contributed by atoms with Crippen molar-refractivity contribution < 1.29 is 17.9 Å². The fourth-order valence-electron chi connectivity index (χ4n) is 3.14. The molecule has 0 spiro atoms. The molecule has 0 aliphatic carbocycles. The van der Waals surface area contributed by atoms with Crippen LogP contribution in [-0.2, 0) is 25.9 Å². The Morgan fingerprint density at radius 2 is 1.84 bits per heavy atom. The third-order valence-corrected chi connectivity index (χ3v) is 8.12. The van der Waals surface area contributed by atoms with Crippen LogP contribution in [0.3, 0.4) is 0 Å². The van der Waals surface area contributed by atoms with E-state index in [1.54, 1.807) is 19.2 Å². The van der Waals surface area contributed by atoms with E-state index in [0.717, 1.165) is 10.2 Å². The molecule has 0 saturated heterocycles. The van der Waals surface area contributed by atoms with Crippen molar-refractivity contribution in [2.24, 2.45) is 4.99 Å². The standard InChI is InChI=1S/C22H25ClN2O4S2/c1-15-13-19-20(14-16(15)2)30-22(25(19)10-11-29-3)24-21(26)5-4-12-31(27,28)18-8-6-17(23)7-9-18/h6-9,13-14H,4-5,10-12H2,1-3H3. The van der Waals surface area contributed by atoms with Crippen molar-refractivity contribution in [1.82, 2.24) is 4.57 Å². The zero-order valence-electron chi connectivity index (χ0n) is 17.7. The normalized spacial score (nSPS) is 12.6. The number of carbonyl (C=O) groups is 1. The number of fused-ring (bicyclic) bond motifs is 1. The van der Waals surface area contributed by atoms with Crippen molar-refractivity contribution in [2.45, 2.75) is 38.1 Å². The van der Waals surface area contributed by atoms with E-state index < -0.39 is 9.84 Å². The smallest absolute Gasteiger partial charge is 0.248 e. The van der Waals surface area contributed by atoms with E-state index in [-0.39, 0.29) is 29.4 Å². The highest BCUT2D eigenvalue weighted by molar-refractivity contribution is 7.91. The van der Waals surface area contributed by atoms with Gasteiger partial charge in [0.15, 0.2) is 14.6 Å². The second-order valence-electron chi connectivity index (χ2n) is 7.32. The number of halogens is 1. The molecule has 0 saturated carbocycles. The van der Waals surface area contributed by atoms with Crippen LogP contribution in [0, 0.1) is 13.8 Å². The highest BCUT2D eigenvalue weighted by atomic mass is 35.5. The lowest BCUT2D eigenvalue weighted by Crippen LogP contribution is -2.19. The molecule has 3 aromatic rings. The van der Waals surface area contributed by atoms with Crippen LogP contribution in [0.25, 0.3) is 10.2 Å². The van der Waals surface area contributed by atoms with Crippen LogP contribution < -0.4 is 4.80 Å². The lowest BCUT2D eigenvalue weighted by molar-refractivity contribution is -0.118. The number of aryl methyl sites for hydroxylation is 2. The summed E-state index contributed by atoms with van der Waals surface area (Å²) in [6.07, 6.45) is 0.262. The van der Waals surface area contributed by atoms with Gasteiger partial charge < -0.3 is 9.30 Å². The number of hydrogen-bond acceptors (Lipinski definition) is 5. The predicted octanol–water partition coefficient (Wildman–Crippen LogP) is 4.30. The number of rotatable bonds is 8. The Balaban J connectivity index is 1.77. The van der Waals surface area contributed by atoms with Crippen molar-refractivity contribution in [3.8, 4) is 0 Å². The Morgan fingerprint density at radius 3 is 2.52 bits per heavy atom. The first-order valence-corrected chi connectivity index (χ1v) is 12.7. The molecular weight excluding hydrogens is 456 g/mol. The minimum Gasteiger partial charge on any atom is -0.383 e. The fraction of sp³-hybridized carbons (Fsp3) is 0.364. The van der Waals surface area contributed by atoms with Gasteiger partial charge in [0.25, 0.3) is 0 Å². The molecule has 0 bridgehead atoms. The number of methoxy groups -OCH3 is 1. The summed E-state index contributed by atoms with van der Waals surface area (Å²) in [6, 6.07) is 10.2. The van der Waals surface area contributed by atoms with Gasteiger partial charge in [-0.15, -0.1) is 0 Å². The van der Waals surface area contributed by atoms with E-state index in [4.69, 9.17) is 16.3 Å². The average Bonchev–Trinajstić information content (AvgIpc) is 3.02. The summed E-state index contributed by atoms with van der Waals surface area (Å²) < 4.78 is 33.1. The maximum atomic E-state index is 12.5. The highest BCUT2D eigenvalue weighted by Crippen LogP contribution is 2.22. The molecule has 0 radical (unpaired) electrons. The van der Waals surface area contributed by atoms with Crippen molar-refractivity contribution in [1.29, 1.82) is 0 Å². The van der Waals surface area contributed by atoms with Crippen LogP contribution in [0.2, 0.25) is 5.02 Å². The van der Waals surface area contributed by atoms with Crippen molar-refractivity contribution in [3.63, 3.8) is 0 Å². The second-order valence-corrected chi connectivity index (χ2v) is 10.9. The highest BCUT2D eigenvalue weighted by Gasteiger charge is 2.15. The minimum atomic E-state index is -3.47. The first-order valence-electron chi connectivity index (χ1n) is 9.86. The molecule has 2 aromatic carbocycles. The van der Waals surface area contributed by atoms with Crippen molar-refractivity contribution in [2.75, 3.05) is 19.5 Å². The van der Waals surface area contributed by atoms with Gasteiger partial charge in [0, 0.05) is 25.1 Å². The summed E-state index contributed by atoms with van der Waals surface area (Å²) in [5, 5.41) is 0.475. The third-order valence-electron chi connectivity index (χ3n) is 5.01. The van der Waals surface area contributed by atoms with Gasteiger partial charge in [-0.3, -0.25) is 4.79 Å². The van der Waals surface area contributed by atoms with Gasteiger partial charge in [0.1, 0.15) is 0 Å². The zero-order valence-corrected chi connectivity index (χ0v) is 20.1. The van der Waals surface area contributed by atoms with E-state index >= 15 is 0 Å². The summed E-state index contributed by atoms with van der Waals surface area (Å²) in [5.74, 6) is -0.456. The summed E-state index contributed by atoms with van der Waals surface area (Å²) in [5.41, 5.74) is 3.36. The summed E-state index contributed by atoms with van der Waals surface area (Å²) in [7, 11) is -1.83. The number of benzene rings is 2. The molecule has 6 nitrogen and oxygen atoms in total. The van der Waals surface area contributed by atoms with Gasteiger partial charge >= 0.3 is 0 Å². The maximum Gasteiger partial charge on any atom is 0.248 e. The van der Waals surface area contributed by atoms with Crippen LogP contribution in [-0.4, -0.2) is 38.4 Å². The lowest BCUT2D eigenvalue weighted by atomic mass is 10.1. The Morgan fingerprint density at radius 1 is 1.16 bits per heavy atom. The molecule has 0 atom stereocenters. The van der Waals surface area contributed by atoms with Crippen LogP contribution in [0.5, 0.6) is 0 Å². The molecule has 0 N–H and O–H groups in total. The molecular formula is C22H25ClN2O4S2. The van der Waals surface area contributed by atoms with Crippen molar-refractivity contribution in [3.05, 3.63) is 57.3 Å². The van der Waals surface area contributed by atoms with Crippen molar-refractivity contribution >= 4 is 48.9 Å². The number of sulfone groups is 1. The zero-order chi connectivity index (χ0) is 22.6. The van der Waals surface area contributed by atoms with E-state index in [0.29, 0.717) is 23.0 Å². The molecule has 1 aromatic heterocycles. The number of nitrogens with zero attached hydrogens (tertiary/aromatic N) is 2. The van der Waals surface area contributed by atoms with E-state index in [1.807, 2.05) is 4.57 Å². The number of carbonyl (C=O) groups excluding carboxylic acids is 1. The summed E-state index contributed by atoms with van der Waals surface area (Å²) in [6.45, 7) is 5.18. The topological polar surface area (TPSA) is 77.7 Å². The molecule has 0 aliphatic heterocycles. The number of thiazole rings is 1. The van der Waals surface area contributed by atoms with Crippen LogP contribution in [0.1, 0.15) is 24.0 Å². The quantitative estimate of drug-likeness (QED) is 0.481. The largest absolute Gasteiger partial charge is 0.383 e. The molecule has 0 aliphatic rings. The van der Waals surface area contributed by atoms with E-state index in [9.17, 15) is 13.2 Å². The third kappa shape index (κ3) is 5.83. The lowest BCUT2D eigenvalue weighted by Gasteiger charge is -2.06. The predicted molar refractivity (Wildman–Crippen MR) is 124 cm³/mol. The van der Waals surface area contributed by atoms with Gasteiger partial charge in [-0.1, -0.05) is 22.9 Å². The Labute approximate surface area is 191 Å². The molecule has 1 amide bonds. The molecule has 3 rings (SSSR count). The van der Waals surface area contributed by atoms with Crippen LogP contribution in [0.15, 0.2) is 46.3 Å². The molecule has 1 heterocycles. The van der Waals surface area contributed by atoms with Gasteiger partial charge in [0.05, 0.1) is 27.5 Å². The van der Waals surface area contributed by atoms with Gasteiger partial charge in [0.2, 0.25) is 5.91 Å². The monoisotopic (exact) mass is 480 g/mol. The fourth-order valence-corrected chi connectivity index (χ4v) is 5.73. The summed E-state index contributed by atoms with van der Waals surface area (Å²) in [4.78, 5) is 17.6. The number of ether oxygens (including phenoxy) is 1. The molecule has 0 fully saturated rings. The Bertz CT molecular complexity index is 1260. The number of hydrogen-bond donors (Lipinski definition) is 0. The molecule has 0 unspecified atom stereocenters. The SMILES string of the molecule is COCCn1c(=NC(=O)CCCS(=O)(=O)c2ccc(Cl)cc2)sc2cc(C)c(C)cc21. The molecule has 31 heavy (non-hydrogen) atoms. The average molecular weight is 481 g/mol. The van der Waals surface area contributed by atoms with Gasteiger partial charge in [-0.05, 0) is 67.8 Å². The van der Waals surface area contributed by atoms with Crippen LogP contribution in [0.4, 0.5) is 0 Å². The van der Waals surface area contributed by atoms with E-state index in [1.165, 1.54) is 34.6 Å². The molecule has 9 heteroatoms. The Hall–Kier alpha value is -2.00. The minimum absolute atomic E-state index is 0.0589. The molecule has 166 valence electrons. The number of aromatic nitrogens is 1.